The molecule has 0 radical (unpaired) electrons. The van der Waals surface area contributed by atoms with Crippen LogP contribution in [0, 0.1) is 5.92 Å². The van der Waals surface area contributed by atoms with E-state index in [0.29, 0.717) is 0 Å². The van der Waals surface area contributed by atoms with Gasteiger partial charge in [0.15, 0.2) is 0 Å². The van der Waals surface area contributed by atoms with Crippen LogP contribution in [0.2, 0.25) is 0 Å². The zero-order valence-corrected chi connectivity index (χ0v) is 33.7. The van der Waals surface area contributed by atoms with Gasteiger partial charge in [0.25, 0.3) is 0 Å². The van der Waals surface area contributed by atoms with Crippen molar-refractivity contribution in [3.05, 3.63) is 0 Å². The predicted molar refractivity (Wildman–Crippen MR) is 139 cm³/mol. The van der Waals surface area contributed by atoms with Gasteiger partial charge in [-0.1, -0.05) is 13.8 Å². The van der Waals surface area contributed by atoms with E-state index in [0.717, 1.165) is 0 Å². The summed E-state index contributed by atoms with van der Waals surface area (Å²) in [5.74, 6) is -243. The predicted octanol–water partition coefficient (Wildman–Crippen LogP) is 16.9. The molecule has 0 amide bonds. The van der Waals surface area contributed by atoms with Gasteiger partial charge in [0.2, 0.25) is 0 Å². The van der Waals surface area contributed by atoms with E-state index in [1.807, 2.05) is 0 Å². The zero-order valence-electron chi connectivity index (χ0n) is 33.7. The van der Waals surface area contributed by atoms with Crippen molar-refractivity contribution < 1.29 is 211 Å². The molecule has 0 atom stereocenters. The maximum Gasteiger partial charge on any atom is 0.385 e. The van der Waals surface area contributed by atoms with Gasteiger partial charge >= 0.3 is 142 Å². The van der Waals surface area contributed by atoms with Crippen LogP contribution in [0.1, 0.15) is 20.8 Å². The fraction of sp³-hybridized carbons (Fsp3) is 1.00. The summed E-state index contributed by atoms with van der Waals surface area (Å²) in [6, 6.07) is 0. The fourth-order valence-corrected chi connectivity index (χ4v) is 4.79. The molecule has 0 aromatic heterocycles. The summed E-state index contributed by atoms with van der Waals surface area (Å²) < 4.78 is 667. The molecule has 0 fully saturated rings. The van der Waals surface area contributed by atoms with Crippen molar-refractivity contribution in [3.8, 4) is 0 Å². The smallest absolute Gasteiger partial charge is 0.200 e. The molecule has 0 N–H and O–H groups in total. The van der Waals surface area contributed by atoms with Crippen LogP contribution in [0.4, 0.5) is 211 Å². The fourth-order valence-electron chi connectivity index (χ4n) is 4.79. The molecule has 0 saturated heterocycles. The lowest BCUT2D eigenvalue weighted by Gasteiger charge is -2.48. The Kier molecular flexibility index (Phi) is 16.6. The van der Waals surface area contributed by atoms with E-state index in [-0.39, 0.29) is 0 Å². The Morgan fingerprint density at radius 2 is 0.224 bits per heavy atom. The van der Waals surface area contributed by atoms with Crippen molar-refractivity contribution in [1.82, 2.24) is 0 Å². The van der Waals surface area contributed by atoms with Crippen molar-refractivity contribution in [3.63, 3.8) is 0 Å². The van der Waals surface area contributed by atoms with E-state index in [1.165, 1.54) is 0 Å². The molecule has 0 bridgehead atoms. The minimum Gasteiger partial charge on any atom is -0.200 e. The highest BCUT2D eigenvalue weighted by atomic mass is 19.4. The Labute approximate surface area is 381 Å². The number of halogens is 48. The number of rotatable bonds is 24. The first-order valence-corrected chi connectivity index (χ1v) is 16.8. The molecule has 0 aromatic carbocycles. The summed E-state index contributed by atoms with van der Waals surface area (Å²) in [5.41, 5.74) is 0. The summed E-state index contributed by atoms with van der Waals surface area (Å²) in [5, 5.41) is 0. The Morgan fingerprint density at radius 3 is 0.303 bits per heavy atom. The SMILES string of the molecule is CC(C)C(F)(F)C(F)(F)C(F)(F)C(F)(F)C(F)(F)C(F)(F)C(F)(F)C(F)(F)C(F)(F)C(F)(F)C(F)(F)C(F)(F)C(F)(F)C(F)(F)C(F)(F)C(F)(F)C(F)(F)C(F)(F)C(F)(F)C(F)(F)C(F)(F)C(F)(F)C(F)(F)C(C)(F)F. The van der Waals surface area contributed by atoms with Gasteiger partial charge in [0, 0.05) is 12.8 Å². The van der Waals surface area contributed by atoms with Gasteiger partial charge in [-0.15, -0.1) is 0 Å². The lowest BCUT2D eigenvalue weighted by molar-refractivity contribution is -0.498. The summed E-state index contributed by atoms with van der Waals surface area (Å²) in [6.07, 6.45) is 0. The summed E-state index contributed by atoms with van der Waals surface area (Å²) in [4.78, 5) is 0. The second-order valence-electron chi connectivity index (χ2n) is 15.3. The van der Waals surface area contributed by atoms with Gasteiger partial charge in [-0.05, 0) is 0 Å². The van der Waals surface area contributed by atoms with Gasteiger partial charge in [0.05, 0.1) is 0 Å². The van der Waals surface area contributed by atoms with Crippen molar-refractivity contribution in [2.75, 3.05) is 0 Å². The van der Waals surface area contributed by atoms with E-state index in [2.05, 4.69) is 0 Å². The molecule has 458 valence electrons. The molecular formula is C28H10F48. The van der Waals surface area contributed by atoms with Crippen LogP contribution < -0.4 is 0 Å². The van der Waals surface area contributed by atoms with Crippen LogP contribution in [-0.2, 0) is 0 Å². The van der Waals surface area contributed by atoms with Crippen LogP contribution in [-0.4, -0.2) is 142 Å². The monoisotopic (exact) mass is 1260 g/mol. The van der Waals surface area contributed by atoms with E-state index in [9.17, 15) is 211 Å². The molecule has 0 nitrogen and oxygen atoms in total. The molecule has 76 heavy (non-hydrogen) atoms. The number of alkyl halides is 48. The number of hydrogen-bond donors (Lipinski definition) is 0. The van der Waals surface area contributed by atoms with Crippen LogP contribution >= 0.6 is 0 Å². The maximum atomic E-state index is 14.2. The van der Waals surface area contributed by atoms with Gasteiger partial charge in [0.1, 0.15) is 0 Å². The topological polar surface area (TPSA) is 0 Å². The normalized spacial score (nSPS) is 17.5. The first-order valence-electron chi connectivity index (χ1n) is 16.8. The standard InChI is InChI=1S/C28H10F48/c1-4(2)6(31,32)8(35,36)10(39,40)12(43,44)14(47,48)16(51,52)18(55,56)20(59,60)22(63,64)24(67,68)26(71,72)28(75,76)27(73,74)25(69,70)23(65,66)21(61,62)19(57,58)17(53,54)15(49,50)13(45,46)11(41,42)9(37,38)7(33,34)5(3,29)30/h4H,1-3H3. The maximum absolute atomic E-state index is 14.2. The highest BCUT2D eigenvalue weighted by Crippen LogP contribution is 2.72. The Morgan fingerprint density at radius 1 is 0.145 bits per heavy atom. The highest BCUT2D eigenvalue weighted by molar-refractivity contribution is 5.25. The molecule has 0 aliphatic heterocycles. The second kappa shape index (κ2) is 17.3. The third kappa shape index (κ3) is 7.80. The molecule has 0 saturated carbocycles. The van der Waals surface area contributed by atoms with E-state index >= 15 is 0 Å². The molecule has 0 unspecified atom stereocenters. The Bertz CT molecular complexity index is 2090. The summed E-state index contributed by atoms with van der Waals surface area (Å²) in [6.45, 7) is -2.90. The van der Waals surface area contributed by atoms with Gasteiger partial charge in [-0.3, -0.25) is 0 Å². The largest absolute Gasteiger partial charge is 0.385 e. The first kappa shape index (κ1) is 72.6. The van der Waals surface area contributed by atoms with Crippen molar-refractivity contribution in [1.29, 1.82) is 0 Å². The third-order valence-corrected chi connectivity index (χ3v) is 9.98. The van der Waals surface area contributed by atoms with Crippen LogP contribution in [0.5, 0.6) is 0 Å². The van der Waals surface area contributed by atoms with E-state index in [1.54, 1.807) is 0 Å². The quantitative estimate of drug-likeness (QED) is 0.0845. The summed E-state index contributed by atoms with van der Waals surface area (Å²) in [7, 11) is 0. The minimum atomic E-state index is -10.9. The molecule has 0 heterocycles. The van der Waals surface area contributed by atoms with Crippen molar-refractivity contribution in [2.24, 2.45) is 5.92 Å². The zero-order chi connectivity index (χ0) is 63.6. The second-order valence-corrected chi connectivity index (χ2v) is 15.3. The van der Waals surface area contributed by atoms with Gasteiger partial charge in [-0.2, -0.15) is 211 Å². The Balaban J connectivity index is 8.20. The molecule has 0 spiro atoms. The van der Waals surface area contributed by atoms with E-state index in [4.69, 9.17) is 0 Å². The van der Waals surface area contributed by atoms with Crippen LogP contribution in [0.3, 0.4) is 0 Å². The Hall–Kier alpha value is -3.36. The first-order chi connectivity index (χ1) is 31.7. The molecule has 0 aliphatic carbocycles. The van der Waals surface area contributed by atoms with Crippen LogP contribution in [0.25, 0.3) is 0 Å². The lowest BCUT2D eigenvalue weighted by Crippen LogP contribution is -2.81. The summed E-state index contributed by atoms with van der Waals surface area (Å²) >= 11 is 0. The molecule has 48 heteroatoms. The molecule has 0 aliphatic rings. The molecule has 0 rings (SSSR count). The average molecular weight is 1260 g/mol. The van der Waals surface area contributed by atoms with E-state index < -0.39 is 169 Å². The third-order valence-electron chi connectivity index (χ3n) is 9.98. The van der Waals surface area contributed by atoms with Crippen molar-refractivity contribution >= 4 is 0 Å². The molecule has 0 aromatic rings. The van der Waals surface area contributed by atoms with Gasteiger partial charge < -0.3 is 0 Å². The lowest BCUT2D eigenvalue weighted by atomic mass is 9.81. The molecular weight excluding hydrogens is 1250 g/mol. The minimum absolute atomic E-state index is 0.535. The highest BCUT2D eigenvalue weighted by Gasteiger charge is 3.04. The number of hydrogen-bond acceptors (Lipinski definition) is 0. The average Bonchev–Trinajstić information content (AvgIpc) is 3.18. The van der Waals surface area contributed by atoms with Gasteiger partial charge in [-0.25, -0.2) is 0 Å². The van der Waals surface area contributed by atoms with Crippen LogP contribution in [0.15, 0.2) is 0 Å². The van der Waals surface area contributed by atoms with Crippen molar-refractivity contribution in [2.45, 2.75) is 163 Å².